The molecule has 6 nitrogen and oxygen atoms in total. The molecular weight excluding hydrogens is 158 g/mol. The normalized spacial score (nSPS) is 8.33. The Morgan fingerprint density at radius 2 is 2.33 bits per heavy atom. The Labute approximate surface area is 67.7 Å². The molecule has 0 spiro atoms. The maximum absolute atomic E-state index is 10.1. The topological polar surface area (TPSA) is 87.3 Å². The van der Waals surface area contributed by atoms with Gasteiger partial charge in [0, 0.05) is 12.4 Å². The van der Waals surface area contributed by atoms with E-state index in [9.17, 15) is 4.79 Å². The van der Waals surface area contributed by atoms with Crippen LogP contribution in [0, 0.1) is 0 Å². The van der Waals surface area contributed by atoms with Crippen molar-refractivity contribution < 1.29 is 0 Å². The van der Waals surface area contributed by atoms with Crippen molar-refractivity contribution in [3.8, 4) is 0 Å². The minimum atomic E-state index is -0.303. The van der Waals surface area contributed by atoms with Crippen molar-refractivity contribution in [3.63, 3.8) is 0 Å². The van der Waals surface area contributed by atoms with Gasteiger partial charge in [0.25, 0.3) is 0 Å². The second kappa shape index (κ2) is 4.78. The molecule has 2 heterocycles. The molecule has 2 N–H and O–H groups in total. The van der Waals surface area contributed by atoms with Crippen LogP contribution >= 0.6 is 0 Å². The number of rotatable bonds is 0. The van der Waals surface area contributed by atoms with Gasteiger partial charge in [0.15, 0.2) is 0 Å². The van der Waals surface area contributed by atoms with Gasteiger partial charge >= 0.3 is 5.69 Å². The average Bonchev–Trinajstić information content (AvgIpc) is 2.62. The summed E-state index contributed by atoms with van der Waals surface area (Å²) in [7, 11) is 0. The van der Waals surface area contributed by atoms with Gasteiger partial charge in [-0.15, -0.1) is 0 Å². The molecule has 12 heavy (non-hydrogen) atoms. The van der Waals surface area contributed by atoms with Crippen LogP contribution in [0.4, 0.5) is 0 Å². The Hall–Kier alpha value is -1.98. The van der Waals surface area contributed by atoms with Crippen LogP contribution < -0.4 is 5.69 Å². The lowest BCUT2D eigenvalue weighted by Gasteiger charge is -1.72. The number of aromatic nitrogens is 5. The molecule has 0 amide bonds. The lowest BCUT2D eigenvalue weighted by Crippen LogP contribution is -2.05. The van der Waals surface area contributed by atoms with Gasteiger partial charge in [-0.25, -0.2) is 14.8 Å². The zero-order valence-electron chi connectivity index (χ0n) is 6.14. The highest BCUT2D eigenvalue weighted by Crippen LogP contribution is 1.61. The average molecular weight is 165 g/mol. The molecule has 2 rings (SSSR count). The first kappa shape index (κ1) is 8.12. The summed E-state index contributed by atoms with van der Waals surface area (Å²) >= 11 is 0. The van der Waals surface area contributed by atoms with E-state index in [0.717, 1.165) is 0 Å². The lowest BCUT2D eigenvalue weighted by atomic mass is 10.7. The van der Waals surface area contributed by atoms with E-state index in [2.05, 4.69) is 25.1 Å². The summed E-state index contributed by atoms with van der Waals surface area (Å²) in [6.45, 7) is 0. The molecule has 62 valence electrons. The Balaban J connectivity index is 0.000000127. The van der Waals surface area contributed by atoms with Crippen LogP contribution in [0.3, 0.4) is 0 Å². The SMILES string of the molecule is O=c1nccc[nH]1.c1nc[nH]n1. The van der Waals surface area contributed by atoms with Gasteiger partial charge in [-0.3, -0.25) is 5.10 Å². The number of hydrogen-bond donors (Lipinski definition) is 2. The summed E-state index contributed by atoms with van der Waals surface area (Å²) in [5.41, 5.74) is -0.303. The van der Waals surface area contributed by atoms with Crippen LogP contribution in [0.2, 0.25) is 0 Å². The number of hydrogen-bond acceptors (Lipinski definition) is 4. The first-order chi connectivity index (χ1) is 5.89. The van der Waals surface area contributed by atoms with E-state index in [1.165, 1.54) is 25.0 Å². The molecule has 0 aliphatic carbocycles. The second-order valence-corrected chi connectivity index (χ2v) is 1.74. The summed E-state index contributed by atoms with van der Waals surface area (Å²) in [6, 6.07) is 1.65. The zero-order chi connectivity index (χ0) is 8.65. The number of nitrogens with one attached hydrogen (secondary N) is 2. The maximum Gasteiger partial charge on any atom is 0.344 e. The monoisotopic (exact) mass is 165 g/mol. The molecule has 0 saturated heterocycles. The van der Waals surface area contributed by atoms with Crippen molar-refractivity contribution in [1.29, 1.82) is 0 Å². The number of aromatic amines is 2. The highest BCUT2D eigenvalue weighted by atomic mass is 16.1. The Morgan fingerprint density at radius 1 is 1.42 bits per heavy atom. The van der Waals surface area contributed by atoms with E-state index in [0.29, 0.717) is 0 Å². The van der Waals surface area contributed by atoms with Gasteiger partial charge in [-0.1, -0.05) is 0 Å². The van der Waals surface area contributed by atoms with Crippen LogP contribution in [0.5, 0.6) is 0 Å². The highest BCUT2D eigenvalue weighted by molar-refractivity contribution is 4.75. The molecule has 0 saturated carbocycles. The van der Waals surface area contributed by atoms with Crippen molar-refractivity contribution in [3.05, 3.63) is 41.6 Å². The minimum absolute atomic E-state index is 0.303. The van der Waals surface area contributed by atoms with Crippen molar-refractivity contribution >= 4 is 0 Å². The highest BCUT2D eigenvalue weighted by Gasteiger charge is 1.70. The van der Waals surface area contributed by atoms with E-state index in [1.807, 2.05) is 0 Å². The number of H-pyrrole nitrogens is 2. The minimum Gasteiger partial charge on any atom is -0.313 e. The van der Waals surface area contributed by atoms with Crippen molar-refractivity contribution in [2.45, 2.75) is 0 Å². The third-order valence-corrected chi connectivity index (χ3v) is 0.912. The molecule has 0 aliphatic rings. The molecule has 0 aliphatic heterocycles. The molecule has 6 heteroatoms. The lowest BCUT2D eigenvalue weighted by molar-refractivity contribution is 1.08. The zero-order valence-corrected chi connectivity index (χ0v) is 6.14. The Bertz CT molecular complexity index is 306. The fraction of sp³-hybridized carbons (Fsp3) is 0. The van der Waals surface area contributed by atoms with Gasteiger partial charge in [0.05, 0.1) is 0 Å². The van der Waals surface area contributed by atoms with E-state index >= 15 is 0 Å². The van der Waals surface area contributed by atoms with E-state index in [4.69, 9.17) is 0 Å². The second-order valence-electron chi connectivity index (χ2n) is 1.74. The van der Waals surface area contributed by atoms with Gasteiger partial charge in [0.1, 0.15) is 12.7 Å². The van der Waals surface area contributed by atoms with Crippen molar-refractivity contribution in [2.75, 3.05) is 0 Å². The van der Waals surface area contributed by atoms with Crippen molar-refractivity contribution in [1.82, 2.24) is 25.1 Å². The standard InChI is InChI=1S/C4H4N2O.C2H3N3/c7-4-5-2-1-3-6-4;1-3-2-5-4-1/h1-3H,(H,5,6,7);1-2H,(H,3,4,5). The fourth-order valence-electron chi connectivity index (χ4n) is 0.477. The first-order valence-corrected chi connectivity index (χ1v) is 3.18. The molecule has 0 aromatic carbocycles. The molecule has 0 radical (unpaired) electrons. The van der Waals surface area contributed by atoms with Gasteiger partial charge < -0.3 is 4.98 Å². The predicted octanol–water partition coefficient (Wildman–Crippen LogP) is -0.425. The van der Waals surface area contributed by atoms with E-state index < -0.39 is 0 Å². The third kappa shape index (κ3) is 3.25. The summed E-state index contributed by atoms with van der Waals surface area (Å²) in [6.07, 6.45) is 5.94. The smallest absolute Gasteiger partial charge is 0.313 e. The Kier molecular flexibility index (Phi) is 3.23. The fourth-order valence-corrected chi connectivity index (χ4v) is 0.477. The largest absolute Gasteiger partial charge is 0.344 e. The molecular formula is C6H7N5O. The third-order valence-electron chi connectivity index (χ3n) is 0.912. The quantitative estimate of drug-likeness (QED) is 0.554. The Morgan fingerprint density at radius 3 is 2.58 bits per heavy atom. The van der Waals surface area contributed by atoms with E-state index in [1.54, 1.807) is 6.07 Å². The van der Waals surface area contributed by atoms with Crippen molar-refractivity contribution in [2.24, 2.45) is 0 Å². The van der Waals surface area contributed by atoms with Crippen LogP contribution in [-0.2, 0) is 0 Å². The van der Waals surface area contributed by atoms with E-state index in [-0.39, 0.29) is 5.69 Å². The van der Waals surface area contributed by atoms with Gasteiger partial charge in [-0.05, 0) is 6.07 Å². The van der Waals surface area contributed by atoms with Gasteiger partial charge in [0.2, 0.25) is 0 Å². The molecule has 2 aromatic heterocycles. The molecule has 2 aromatic rings. The number of nitrogens with zero attached hydrogens (tertiary/aromatic N) is 3. The summed E-state index contributed by atoms with van der Waals surface area (Å²) in [4.78, 5) is 19.4. The van der Waals surface area contributed by atoms with Crippen LogP contribution in [-0.4, -0.2) is 25.1 Å². The molecule has 0 fully saturated rings. The maximum atomic E-state index is 10.1. The summed E-state index contributed by atoms with van der Waals surface area (Å²) < 4.78 is 0. The predicted molar refractivity (Wildman–Crippen MR) is 41.2 cm³/mol. The summed E-state index contributed by atoms with van der Waals surface area (Å²) in [5.74, 6) is 0. The van der Waals surface area contributed by atoms with Crippen LogP contribution in [0.15, 0.2) is 35.9 Å². The summed E-state index contributed by atoms with van der Waals surface area (Å²) in [5, 5.41) is 5.99. The molecule has 0 atom stereocenters. The van der Waals surface area contributed by atoms with Crippen LogP contribution in [0.1, 0.15) is 0 Å². The molecule has 0 unspecified atom stereocenters. The van der Waals surface area contributed by atoms with Gasteiger partial charge in [-0.2, -0.15) is 5.10 Å². The first-order valence-electron chi connectivity index (χ1n) is 3.18. The van der Waals surface area contributed by atoms with Crippen LogP contribution in [0.25, 0.3) is 0 Å². The molecule has 0 bridgehead atoms.